The zero-order valence-corrected chi connectivity index (χ0v) is 6.48. The second-order valence-electron chi connectivity index (χ2n) is 1.64. The topological polar surface area (TPSA) is 67.5 Å². The SMILES string of the molecule is CC/C(CCl)=N\NC(N)=O. The number of nitrogens with two attached hydrogens (primary N) is 1. The van der Waals surface area contributed by atoms with Crippen molar-refractivity contribution >= 4 is 23.3 Å². The number of hydrazone groups is 1. The molecular formula is C5H10ClN3O. The van der Waals surface area contributed by atoms with E-state index in [1.807, 2.05) is 6.92 Å². The highest BCUT2D eigenvalue weighted by Gasteiger charge is 1.92. The van der Waals surface area contributed by atoms with Gasteiger partial charge in [-0.05, 0) is 6.42 Å². The number of nitrogens with zero attached hydrogens (tertiary/aromatic N) is 1. The Bertz CT molecular complexity index is 140. The molecule has 0 aliphatic heterocycles. The van der Waals surface area contributed by atoms with Crippen LogP contribution in [0, 0.1) is 0 Å². The molecule has 0 heterocycles. The zero-order chi connectivity index (χ0) is 7.98. The largest absolute Gasteiger partial charge is 0.350 e. The van der Waals surface area contributed by atoms with E-state index in [4.69, 9.17) is 17.3 Å². The molecule has 3 N–H and O–H groups in total. The van der Waals surface area contributed by atoms with E-state index in [9.17, 15) is 4.79 Å². The predicted octanol–water partition coefficient (Wildman–Crippen LogP) is 0.660. The van der Waals surface area contributed by atoms with Crippen molar-refractivity contribution in [1.82, 2.24) is 5.43 Å². The van der Waals surface area contributed by atoms with Gasteiger partial charge in [0.25, 0.3) is 0 Å². The van der Waals surface area contributed by atoms with E-state index in [1.54, 1.807) is 0 Å². The smallest absolute Gasteiger partial charge is 0.332 e. The first kappa shape index (κ1) is 9.23. The van der Waals surface area contributed by atoms with E-state index < -0.39 is 6.03 Å². The van der Waals surface area contributed by atoms with Crippen molar-refractivity contribution in [1.29, 1.82) is 0 Å². The van der Waals surface area contributed by atoms with Gasteiger partial charge < -0.3 is 5.73 Å². The Hall–Kier alpha value is -0.770. The summed E-state index contributed by atoms with van der Waals surface area (Å²) in [4.78, 5) is 10.1. The molecule has 0 aliphatic carbocycles. The summed E-state index contributed by atoms with van der Waals surface area (Å²) in [6.45, 7) is 1.89. The Kier molecular flexibility index (Phi) is 4.66. The molecule has 10 heavy (non-hydrogen) atoms. The van der Waals surface area contributed by atoms with Gasteiger partial charge in [-0.2, -0.15) is 5.10 Å². The quantitative estimate of drug-likeness (QED) is 0.358. The van der Waals surface area contributed by atoms with Crippen molar-refractivity contribution < 1.29 is 4.79 Å². The molecule has 5 heteroatoms. The lowest BCUT2D eigenvalue weighted by Crippen LogP contribution is -2.25. The number of rotatable bonds is 3. The van der Waals surface area contributed by atoms with Gasteiger partial charge >= 0.3 is 6.03 Å². The van der Waals surface area contributed by atoms with Crippen LogP contribution in [0.3, 0.4) is 0 Å². The number of alkyl halides is 1. The van der Waals surface area contributed by atoms with Gasteiger partial charge in [0.15, 0.2) is 0 Å². The Morgan fingerprint density at radius 2 is 2.40 bits per heavy atom. The molecule has 0 rings (SSSR count). The van der Waals surface area contributed by atoms with Crippen LogP contribution in [0.15, 0.2) is 5.10 Å². The normalized spacial score (nSPS) is 11.2. The number of carbonyl (C=O) groups is 1. The van der Waals surface area contributed by atoms with Gasteiger partial charge in [-0.1, -0.05) is 6.92 Å². The molecule has 0 unspecified atom stereocenters. The van der Waals surface area contributed by atoms with E-state index in [0.717, 1.165) is 0 Å². The monoisotopic (exact) mass is 163 g/mol. The highest BCUT2D eigenvalue weighted by atomic mass is 35.5. The molecule has 4 nitrogen and oxygen atoms in total. The summed E-state index contributed by atoms with van der Waals surface area (Å²) in [5, 5.41) is 3.62. The number of amides is 2. The van der Waals surface area contributed by atoms with E-state index in [0.29, 0.717) is 18.0 Å². The van der Waals surface area contributed by atoms with Crippen molar-refractivity contribution in [3.8, 4) is 0 Å². The average Bonchev–Trinajstić information content (AvgIpc) is 1.90. The van der Waals surface area contributed by atoms with Gasteiger partial charge in [-0.15, -0.1) is 11.6 Å². The maximum absolute atomic E-state index is 10.1. The number of primary amides is 1. The lowest BCUT2D eigenvalue weighted by molar-refractivity contribution is 0.249. The second-order valence-corrected chi connectivity index (χ2v) is 1.91. The maximum atomic E-state index is 10.1. The van der Waals surface area contributed by atoms with Crippen molar-refractivity contribution in [3.05, 3.63) is 0 Å². The second kappa shape index (κ2) is 5.05. The van der Waals surface area contributed by atoms with Crippen LogP contribution in [0.1, 0.15) is 13.3 Å². The predicted molar refractivity (Wildman–Crippen MR) is 41.2 cm³/mol. The number of urea groups is 1. The molecule has 0 aromatic rings. The van der Waals surface area contributed by atoms with Gasteiger partial charge in [-0.3, -0.25) is 0 Å². The number of hydrogen-bond acceptors (Lipinski definition) is 2. The standard InChI is InChI=1S/C5H10ClN3O/c1-2-4(3-6)8-9-5(7)10/h2-3H2,1H3,(H3,7,9,10)/b8-4+. The first-order chi connectivity index (χ1) is 4.70. The minimum atomic E-state index is -0.670. The van der Waals surface area contributed by atoms with Crippen LogP contribution >= 0.6 is 11.6 Å². The van der Waals surface area contributed by atoms with Crippen LogP contribution < -0.4 is 11.2 Å². The Morgan fingerprint density at radius 1 is 1.80 bits per heavy atom. The fourth-order valence-corrected chi connectivity index (χ4v) is 0.586. The van der Waals surface area contributed by atoms with Crippen LogP contribution in [-0.4, -0.2) is 17.6 Å². The molecule has 0 aromatic carbocycles. The lowest BCUT2D eigenvalue weighted by Gasteiger charge is -1.96. The van der Waals surface area contributed by atoms with Crippen LogP contribution in [0.25, 0.3) is 0 Å². The molecule has 0 atom stereocenters. The number of hydrogen-bond donors (Lipinski definition) is 2. The van der Waals surface area contributed by atoms with E-state index in [2.05, 4.69) is 10.5 Å². The average molecular weight is 164 g/mol. The minimum absolute atomic E-state index is 0.316. The van der Waals surface area contributed by atoms with Crippen molar-refractivity contribution in [2.45, 2.75) is 13.3 Å². The van der Waals surface area contributed by atoms with Gasteiger partial charge in [0.05, 0.1) is 11.6 Å². The Labute approximate surface area is 64.4 Å². The van der Waals surface area contributed by atoms with Gasteiger partial charge in [0, 0.05) is 0 Å². The summed E-state index contributed by atoms with van der Waals surface area (Å²) in [6, 6.07) is -0.670. The van der Waals surface area contributed by atoms with Crippen LogP contribution in [0.4, 0.5) is 4.79 Å². The molecule has 0 bridgehead atoms. The summed E-state index contributed by atoms with van der Waals surface area (Å²) in [5.41, 5.74) is 7.55. The van der Waals surface area contributed by atoms with E-state index in [1.165, 1.54) is 0 Å². The summed E-state index contributed by atoms with van der Waals surface area (Å²) in [7, 11) is 0. The number of nitrogens with one attached hydrogen (secondary N) is 1. The third-order valence-corrected chi connectivity index (χ3v) is 1.20. The summed E-state index contributed by atoms with van der Waals surface area (Å²) in [6.07, 6.45) is 0.712. The number of halogens is 1. The van der Waals surface area contributed by atoms with E-state index >= 15 is 0 Å². The highest BCUT2D eigenvalue weighted by molar-refractivity contribution is 6.28. The van der Waals surface area contributed by atoms with Crippen molar-refractivity contribution in [2.75, 3.05) is 5.88 Å². The molecular weight excluding hydrogens is 154 g/mol. The molecule has 0 spiro atoms. The fourth-order valence-electron chi connectivity index (χ4n) is 0.338. The molecule has 0 saturated carbocycles. The Balaban J connectivity index is 3.74. The molecule has 0 fully saturated rings. The van der Waals surface area contributed by atoms with E-state index in [-0.39, 0.29) is 0 Å². The van der Waals surface area contributed by atoms with Gasteiger partial charge in [0.2, 0.25) is 0 Å². The third kappa shape index (κ3) is 4.14. The first-order valence-corrected chi connectivity index (χ1v) is 3.41. The lowest BCUT2D eigenvalue weighted by atomic mass is 10.3. The zero-order valence-electron chi connectivity index (χ0n) is 5.72. The van der Waals surface area contributed by atoms with Crippen LogP contribution in [-0.2, 0) is 0 Å². The van der Waals surface area contributed by atoms with Crippen molar-refractivity contribution in [3.63, 3.8) is 0 Å². The third-order valence-electron chi connectivity index (χ3n) is 0.887. The van der Waals surface area contributed by atoms with Crippen molar-refractivity contribution in [2.24, 2.45) is 10.8 Å². The minimum Gasteiger partial charge on any atom is -0.350 e. The van der Waals surface area contributed by atoms with Crippen LogP contribution in [0.2, 0.25) is 0 Å². The molecule has 0 aliphatic rings. The maximum Gasteiger partial charge on any atom is 0.332 e. The first-order valence-electron chi connectivity index (χ1n) is 2.87. The molecule has 0 radical (unpaired) electrons. The highest BCUT2D eigenvalue weighted by Crippen LogP contribution is 1.87. The van der Waals surface area contributed by atoms with Gasteiger partial charge in [-0.25, -0.2) is 10.2 Å². The molecule has 0 saturated heterocycles. The van der Waals surface area contributed by atoms with Crippen LogP contribution in [0.5, 0.6) is 0 Å². The number of carbonyl (C=O) groups excluding carboxylic acids is 1. The summed E-state index contributed by atoms with van der Waals surface area (Å²) in [5.74, 6) is 0.316. The molecule has 0 aromatic heterocycles. The summed E-state index contributed by atoms with van der Waals surface area (Å²) >= 11 is 5.43. The van der Waals surface area contributed by atoms with Gasteiger partial charge in [0.1, 0.15) is 0 Å². The fraction of sp³-hybridized carbons (Fsp3) is 0.600. The molecule has 58 valence electrons. The summed E-state index contributed by atoms with van der Waals surface area (Å²) < 4.78 is 0. The Morgan fingerprint density at radius 3 is 2.70 bits per heavy atom. The molecule has 2 amide bonds.